The monoisotopic (exact) mass is 291 g/mol. The Morgan fingerprint density at radius 2 is 1.57 bits per heavy atom. The molecule has 21 heavy (non-hydrogen) atoms. The van der Waals surface area contributed by atoms with Gasteiger partial charge in [-0.25, -0.2) is 0 Å². The van der Waals surface area contributed by atoms with Gasteiger partial charge in [-0.1, -0.05) is 60.6 Å². The lowest BCUT2D eigenvalue weighted by molar-refractivity contribution is 0.175. The fourth-order valence-electron chi connectivity index (χ4n) is 2.08. The molecule has 0 aliphatic rings. The minimum absolute atomic E-state index is 0.136. The number of rotatable bonds is 7. The molecule has 1 N–H and O–H groups in total. The van der Waals surface area contributed by atoms with E-state index in [1.807, 2.05) is 0 Å². The smallest absolute Gasteiger partial charge is 0.119 e. The van der Waals surface area contributed by atoms with Crippen molar-refractivity contribution < 1.29 is 4.74 Å². The summed E-state index contributed by atoms with van der Waals surface area (Å²) >= 11 is 0. The fraction of sp³-hybridized carbons (Fsp3) is 0.684. The summed E-state index contributed by atoms with van der Waals surface area (Å²) in [5.41, 5.74) is 1.67. The van der Waals surface area contributed by atoms with Gasteiger partial charge in [-0.05, 0) is 35.6 Å². The zero-order chi connectivity index (χ0) is 16.1. The highest BCUT2D eigenvalue weighted by atomic mass is 16.5. The molecule has 1 aromatic rings. The van der Waals surface area contributed by atoms with Gasteiger partial charge >= 0.3 is 0 Å². The molecular weight excluding hydrogens is 258 g/mol. The second kappa shape index (κ2) is 7.31. The van der Waals surface area contributed by atoms with Crippen LogP contribution in [0, 0.1) is 11.3 Å². The second-order valence-corrected chi connectivity index (χ2v) is 8.25. The van der Waals surface area contributed by atoms with E-state index in [0.29, 0.717) is 5.92 Å². The average Bonchev–Trinajstić information content (AvgIpc) is 2.35. The summed E-state index contributed by atoms with van der Waals surface area (Å²) in [5, 5.41) is 3.51. The Hall–Kier alpha value is -1.02. The van der Waals surface area contributed by atoms with Crippen molar-refractivity contribution in [3.8, 4) is 5.75 Å². The van der Waals surface area contributed by atoms with Crippen molar-refractivity contribution in [1.82, 2.24) is 5.32 Å². The first kappa shape index (κ1) is 18.0. The summed E-state index contributed by atoms with van der Waals surface area (Å²) in [6.45, 7) is 18.4. The summed E-state index contributed by atoms with van der Waals surface area (Å²) in [4.78, 5) is 0. The molecule has 0 amide bonds. The Morgan fingerprint density at radius 3 is 2.05 bits per heavy atom. The number of hydrogen-bond donors (Lipinski definition) is 1. The molecule has 0 atom stereocenters. The third-order valence-electron chi connectivity index (χ3n) is 3.51. The first-order valence-corrected chi connectivity index (χ1v) is 8.04. The molecule has 0 unspecified atom stereocenters. The molecule has 0 aliphatic carbocycles. The molecule has 1 rings (SSSR count). The predicted molar refractivity (Wildman–Crippen MR) is 92.1 cm³/mol. The number of nitrogens with one attached hydrogen (secondary N) is 1. The first-order valence-electron chi connectivity index (χ1n) is 8.04. The lowest BCUT2D eigenvalue weighted by Crippen LogP contribution is -2.35. The topological polar surface area (TPSA) is 21.3 Å². The van der Waals surface area contributed by atoms with Gasteiger partial charge in [-0.15, -0.1) is 0 Å². The van der Waals surface area contributed by atoms with Crippen molar-refractivity contribution in [3.63, 3.8) is 0 Å². The highest BCUT2D eigenvalue weighted by Crippen LogP contribution is 2.25. The molecule has 0 spiro atoms. The van der Waals surface area contributed by atoms with E-state index in [9.17, 15) is 0 Å². The zero-order valence-corrected chi connectivity index (χ0v) is 14.9. The van der Waals surface area contributed by atoms with Crippen molar-refractivity contribution in [3.05, 3.63) is 29.8 Å². The maximum Gasteiger partial charge on any atom is 0.119 e. The Bertz CT molecular complexity index is 412. The van der Waals surface area contributed by atoms with Crippen LogP contribution in [-0.2, 0) is 5.41 Å². The van der Waals surface area contributed by atoms with E-state index in [1.165, 1.54) is 5.56 Å². The molecule has 0 saturated carbocycles. The Kier molecular flexibility index (Phi) is 6.27. The van der Waals surface area contributed by atoms with Crippen LogP contribution in [0.1, 0.15) is 54.0 Å². The standard InChI is InChI=1S/C19H33NO/c1-15(2)12-20-13-19(6,7)14-21-17-10-8-16(9-11-17)18(3,4)5/h8-11,15,20H,12-14H2,1-7H3. The summed E-state index contributed by atoms with van der Waals surface area (Å²) < 4.78 is 5.96. The summed E-state index contributed by atoms with van der Waals surface area (Å²) in [6, 6.07) is 8.50. The van der Waals surface area contributed by atoms with Gasteiger partial charge in [0.15, 0.2) is 0 Å². The van der Waals surface area contributed by atoms with Gasteiger partial charge in [0.2, 0.25) is 0 Å². The van der Waals surface area contributed by atoms with Crippen molar-refractivity contribution in [2.24, 2.45) is 11.3 Å². The number of hydrogen-bond acceptors (Lipinski definition) is 2. The van der Waals surface area contributed by atoms with Crippen LogP contribution in [0.5, 0.6) is 5.75 Å². The van der Waals surface area contributed by atoms with Gasteiger partial charge < -0.3 is 10.1 Å². The van der Waals surface area contributed by atoms with E-state index in [4.69, 9.17) is 4.74 Å². The van der Waals surface area contributed by atoms with E-state index in [1.54, 1.807) is 0 Å². The van der Waals surface area contributed by atoms with Gasteiger partial charge in [-0.2, -0.15) is 0 Å². The molecule has 0 saturated heterocycles. The van der Waals surface area contributed by atoms with Crippen LogP contribution in [0.25, 0.3) is 0 Å². The molecule has 2 nitrogen and oxygen atoms in total. The van der Waals surface area contributed by atoms with E-state index in [-0.39, 0.29) is 10.8 Å². The highest BCUT2D eigenvalue weighted by Gasteiger charge is 2.19. The SMILES string of the molecule is CC(C)CNCC(C)(C)COc1ccc(C(C)(C)C)cc1. The summed E-state index contributed by atoms with van der Waals surface area (Å²) in [5.74, 6) is 1.64. The molecule has 120 valence electrons. The molecule has 0 radical (unpaired) electrons. The Morgan fingerprint density at radius 1 is 1.00 bits per heavy atom. The van der Waals surface area contributed by atoms with E-state index in [2.05, 4.69) is 78.0 Å². The normalized spacial score (nSPS) is 12.8. The molecule has 0 aliphatic heterocycles. The van der Waals surface area contributed by atoms with Crippen molar-refractivity contribution in [2.45, 2.75) is 53.9 Å². The van der Waals surface area contributed by atoms with Gasteiger partial charge in [0.25, 0.3) is 0 Å². The minimum atomic E-state index is 0.136. The predicted octanol–water partition coefficient (Wildman–Crippen LogP) is 4.63. The zero-order valence-electron chi connectivity index (χ0n) is 14.9. The van der Waals surface area contributed by atoms with Gasteiger partial charge in [0.05, 0.1) is 6.61 Å². The van der Waals surface area contributed by atoms with Crippen molar-refractivity contribution >= 4 is 0 Å². The van der Waals surface area contributed by atoms with Crippen LogP contribution in [0.3, 0.4) is 0 Å². The van der Waals surface area contributed by atoms with Crippen molar-refractivity contribution in [1.29, 1.82) is 0 Å². The third kappa shape index (κ3) is 6.99. The van der Waals surface area contributed by atoms with Crippen LogP contribution < -0.4 is 10.1 Å². The van der Waals surface area contributed by atoms with E-state index in [0.717, 1.165) is 25.4 Å². The highest BCUT2D eigenvalue weighted by molar-refractivity contribution is 5.31. The van der Waals surface area contributed by atoms with Gasteiger partial charge in [0, 0.05) is 12.0 Å². The average molecular weight is 291 g/mol. The molecule has 2 heteroatoms. The molecule has 0 bridgehead atoms. The molecular formula is C19H33NO. The molecule has 0 fully saturated rings. The largest absolute Gasteiger partial charge is 0.493 e. The third-order valence-corrected chi connectivity index (χ3v) is 3.51. The number of benzene rings is 1. The molecule has 0 heterocycles. The summed E-state index contributed by atoms with van der Waals surface area (Å²) in [7, 11) is 0. The second-order valence-electron chi connectivity index (χ2n) is 8.25. The fourth-order valence-corrected chi connectivity index (χ4v) is 2.08. The van der Waals surface area contributed by atoms with E-state index >= 15 is 0 Å². The molecule has 0 aromatic heterocycles. The lowest BCUT2D eigenvalue weighted by Gasteiger charge is -2.26. The van der Waals surface area contributed by atoms with Crippen LogP contribution in [0.4, 0.5) is 0 Å². The maximum absolute atomic E-state index is 5.96. The van der Waals surface area contributed by atoms with Crippen LogP contribution >= 0.6 is 0 Å². The van der Waals surface area contributed by atoms with Crippen molar-refractivity contribution in [2.75, 3.05) is 19.7 Å². The molecule has 1 aromatic carbocycles. The number of ether oxygens (including phenoxy) is 1. The Balaban J connectivity index is 2.47. The van der Waals surface area contributed by atoms with Crippen LogP contribution in [0.2, 0.25) is 0 Å². The quantitative estimate of drug-likeness (QED) is 0.790. The maximum atomic E-state index is 5.96. The van der Waals surface area contributed by atoms with Crippen LogP contribution in [0.15, 0.2) is 24.3 Å². The lowest BCUT2D eigenvalue weighted by atomic mass is 9.87. The van der Waals surface area contributed by atoms with Gasteiger partial charge in [0.1, 0.15) is 5.75 Å². The van der Waals surface area contributed by atoms with Crippen LogP contribution in [-0.4, -0.2) is 19.7 Å². The van der Waals surface area contributed by atoms with Gasteiger partial charge in [-0.3, -0.25) is 0 Å². The first-order chi connectivity index (χ1) is 9.60. The minimum Gasteiger partial charge on any atom is -0.493 e. The summed E-state index contributed by atoms with van der Waals surface area (Å²) in [6.07, 6.45) is 0. The van der Waals surface area contributed by atoms with E-state index < -0.39 is 0 Å². The Labute approximate surface area is 131 Å².